The summed E-state index contributed by atoms with van der Waals surface area (Å²) in [5.41, 5.74) is 4.02. The molecule has 1 amide bonds. The second-order valence-electron chi connectivity index (χ2n) is 8.73. The summed E-state index contributed by atoms with van der Waals surface area (Å²) in [5, 5.41) is 7.44. The van der Waals surface area contributed by atoms with E-state index in [1.165, 1.54) is 6.92 Å². The summed E-state index contributed by atoms with van der Waals surface area (Å²) in [6.07, 6.45) is 1.75. The van der Waals surface area contributed by atoms with E-state index < -0.39 is 0 Å². The number of aromatic nitrogens is 1. The Morgan fingerprint density at radius 1 is 1.16 bits per heavy atom. The Kier molecular flexibility index (Phi) is 6.86. The average Bonchev–Trinajstić information content (AvgIpc) is 3.50. The third-order valence-electron chi connectivity index (χ3n) is 6.24. The molecule has 1 fully saturated rings. The van der Waals surface area contributed by atoms with Gasteiger partial charge in [0.1, 0.15) is 23.3 Å². The molecule has 2 N–H and O–H groups in total. The predicted molar refractivity (Wildman–Crippen MR) is 149 cm³/mol. The summed E-state index contributed by atoms with van der Waals surface area (Å²) < 4.78 is 11.9. The van der Waals surface area contributed by atoms with E-state index >= 15 is 0 Å². The van der Waals surface area contributed by atoms with Crippen molar-refractivity contribution >= 4 is 46.2 Å². The van der Waals surface area contributed by atoms with Crippen molar-refractivity contribution in [3.05, 3.63) is 95.0 Å². The minimum Gasteiger partial charge on any atom is -0.495 e. The average molecular weight is 533 g/mol. The Labute approximate surface area is 225 Å². The lowest BCUT2D eigenvalue weighted by Gasteiger charge is -2.27. The number of hydrogen-bond acceptors (Lipinski definition) is 5. The van der Waals surface area contributed by atoms with Gasteiger partial charge in [-0.25, -0.2) is 0 Å². The SMILES string of the molecule is COc1ccc(N2C(=S)N[C@@H](c3ccccn3)[C@H]2c2ccc(-c3ccc(C)c(Cl)c3)o2)cc1NC(C)=O. The van der Waals surface area contributed by atoms with E-state index in [9.17, 15) is 4.79 Å². The Hall–Kier alpha value is -3.88. The molecule has 9 heteroatoms. The molecule has 7 nitrogen and oxygen atoms in total. The Morgan fingerprint density at radius 2 is 2.00 bits per heavy atom. The number of halogens is 1. The van der Waals surface area contributed by atoms with Gasteiger partial charge in [-0.3, -0.25) is 9.78 Å². The second-order valence-corrected chi connectivity index (χ2v) is 9.52. The van der Waals surface area contributed by atoms with E-state index in [-0.39, 0.29) is 18.0 Å². The quantitative estimate of drug-likeness (QED) is 0.276. The number of hydrogen-bond donors (Lipinski definition) is 2. The van der Waals surface area contributed by atoms with Crippen LogP contribution < -0.4 is 20.3 Å². The maximum atomic E-state index is 11.8. The van der Waals surface area contributed by atoms with E-state index in [4.69, 9.17) is 33.0 Å². The van der Waals surface area contributed by atoms with E-state index in [2.05, 4.69) is 15.6 Å². The zero-order chi connectivity index (χ0) is 26.1. The van der Waals surface area contributed by atoms with Gasteiger partial charge >= 0.3 is 0 Å². The van der Waals surface area contributed by atoms with Crippen LogP contribution in [0, 0.1) is 6.92 Å². The smallest absolute Gasteiger partial charge is 0.221 e. The molecule has 1 aliphatic rings. The maximum absolute atomic E-state index is 11.8. The normalized spacial score (nSPS) is 17.0. The monoisotopic (exact) mass is 532 g/mol. The van der Waals surface area contributed by atoms with Gasteiger partial charge in [-0.1, -0.05) is 29.8 Å². The number of thiocarbonyl (C=S) groups is 1. The Bertz CT molecular complexity index is 1470. The Balaban J connectivity index is 1.60. The number of methoxy groups -OCH3 is 1. The number of nitrogens with one attached hydrogen (secondary N) is 2. The molecule has 5 rings (SSSR count). The molecular formula is C28H25ClN4O3S. The highest BCUT2D eigenvalue weighted by atomic mass is 35.5. The van der Waals surface area contributed by atoms with Gasteiger partial charge in [0.2, 0.25) is 5.91 Å². The van der Waals surface area contributed by atoms with Crippen LogP contribution in [-0.4, -0.2) is 23.1 Å². The lowest BCUT2D eigenvalue weighted by atomic mass is 10.0. The van der Waals surface area contributed by atoms with Crippen LogP contribution in [0.5, 0.6) is 5.75 Å². The highest BCUT2D eigenvalue weighted by molar-refractivity contribution is 7.80. The summed E-state index contributed by atoms with van der Waals surface area (Å²) in [6, 6.07) is 20.4. The highest BCUT2D eigenvalue weighted by Gasteiger charge is 2.42. The van der Waals surface area contributed by atoms with Gasteiger partial charge in [0.05, 0.1) is 24.5 Å². The third-order valence-corrected chi connectivity index (χ3v) is 6.97. The second kappa shape index (κ2) is 10.2. The fraction of sp³-hybridized carbons (Fsp3) is 0.179. The fourth-order valence-corrected chi connectivity index (χ4v) is 4.99. The van der Waals surface area contributed by atoms with Crippen molar-refractivity contribution in [3.8, 4) is 17.1 Å². The van der Waals surface area contributed by atoms with Crippen LogP contribution in [0.2, 0.25) is 5.02 Å². The van der Waals surface area contributed by atoms with Crippen LogP contribution in [0.3, 0.4) is 0 Å². The zero-order valence-electron chi connectivity index (χ0n) is 20.5. The van der Waals surface area contributed by atoms with E-state index in [0.717, 1.165) is 22.5 Å². The molecule has 4 aromatic rings. The lowest BCUT2D eigenvalue weighted by Crippen LogP contribution is -2.29. The molecule has 0 aliphatic carbocycles. The standard InChI is InChI=1S/C28H25ClN4O3S/c1-16-7-8-18(14-20(16)29)23-11-12-25(36-23)27-26(21-6-4-5-13-30-21)32-28(37)33(27)19-9-10-24(35-3)22(15-19)31-17(2)34/h4-15,26-27H,1-3H3,(H,31,34)(H,32,37)/t26-,27+/m0/s1. The molecule has 0 bridgehead atoms. The van der Waals surface area contributed by atoms with E-state index in [1.807, 2.05) is 72.5 Å². The number of carbonyl (C=O) groups is 1. The van der Waals surface area contributed by atoms with Crippen LogP contribution in [0.15, 0.2) is 77.3 Å². The molecule has 188 valence electrons. The first-order valence-electron chi connectivity index (χ1n) is 11.7. The minimum absolute atomic E-state index is 0.201. The van der Waals surface area contributed by atoms with E-state index in [1.54, 1.807) is 19.4 Å². The fourth-order valence-electron chi connectivity index (χ4n) is 4.47. The van der Waals surface area contributed by atoms with Gasteiger partial charge in [0.25, 0.3) is 0 Å². The third kappa shape index (κ3) is 4.90. The van der Waals surface area contributed by atoms with Gasteiger partial charge < -0.3 is 24.7 Å². The van der Waals surface area contributed by atoms with Gasteiger partial charge in [-0.15, -0.1) is 0 Å². The predicted octanol–water partition coefficient (Wildman–Crippen LogP) is 6.45. The molecule has 2 atom stereocenters. The molecule has 2 aromatic heterocycles. The van der Waals surface area contributed by atoms with Gasteiger partial charge in [0, 0.05) is 29.4 Å². The van der Waals surface area contributed by atoms with Crippen molar-refractivity contribution in [1.82, 2.24) is 10.3 Å². The Morgan fingerprint density at radius 3 is 2.70 bits per heavy atom. The lowest BCUT2D eigenvalue weighted by molar-refractivity contribution is -0.114. The summed E-state index contributed by atoms with van der Waals surface area (Å²) in [4.78, 5) is 18.4. The minimum atomic E-state index is -0.351. The number of pyridine rings is 1. The van der Waals surface area contributed by atoms with Gasteiger partial charge in [0.15, 0.2) is 5.11 Å². The summed E-state index contributed by atoms with van der Waals surface area (Å²) >= 11 is 12.2. The number of rotatable bonds is 6. The summed E-state index contributed by atoms with van der Waals surface area (Å²) in [6.45, 7) is 3.42. The van der Waals surface area contributed by atoms with Gasteiger partial charge in [-0.2, -0.15) is 0 Å². The van der Waals surface area contributed by atoms with Crippen molar-refractivity contribution in [2.45, 2.75) is 25.9 Å². The van der Waals surface area contributed by atoms with Crippen LogP contribution >= 0.6 is 23.8 Å². The number of carbonyl (C=O) groups excluding carboxylic acids is 1. The maximum Gasteiger partial charge on any atom is 0.221 e. The molecule has 0 unspecified atom stereocenters. The summed E-state index contributed by atoms with van der Waals surface area (Å²) in [7, 11) is 1.56. The number of benzene rings is 2. The van der Waals surface area contributed by atoms with Crippen molar-refractivity contribution in [3.63, 3.8) is 0 Å². The largest absolute Gasteiger partial charge is 0.495 e. The summed E-state index contributed by atoms with van der Waals surface area (Å²) in [5.74, 6) is 1.74. The van der Waals surface area contributed by atoms with Crippen molar-refractivity contribution in [2.75, 3.05) is 17.3 Å². The number of furan rings is 1. The molecule has 1 aliphatic heterocycles. The number of nitrogens with zero attached hydrogens (tertiary/aromatic N) is 2. The van der Waals surface area contributed by atoms with E-state index in [0.29, 0.717) is 33.1 Å². The first-order valence-corrected chi connectivity index (χ1v) is 12.5. The zero-order valence-corrected chi connectivity index (χ0v) is 22.1. The van der Waals surface area contributed by atoms with Gasteiger partial charge in [-0.05, 0) is 73.2 Å². The van der Waals surface area contributed by atoms with Crippen LogP contribution in [-0.2, 0) is 4.79 Å². The molecule has 1 saturated heterocycles. The molecule has 0 saturated carbocycles. The molecule has 2 aromatic carbocycles. The first-order chi connectivity index (χ1) is 17.9. The van der Waals surface area contributed by atoms with Crippen LogP contribution in [0.4, 0.5) is 11.4 Å². The number of ether oxygens (including phenoxy) is 1. The van der Waals surface area contributed by atoms with Crippen LogP contribution in [0.25, 0.3) is 11.3 Å². The highest BCUT2D eigenvalue weighted by Crippen LogP contribution is 2.44. The van der Waals surface area contributed by atoms with Crippen molar-refractivity contribution in [2.24, 2.45) is 0 Å². The number of aryl methyl sites for hydroxylation is 1. The number of anilines is 2. The molecule has 3 heterocycles. The van der Waals surface area contributed by atoms with Crippen molar-refractivity contribution in [1.29, 1.82) is 0 Å². The molecule has 37 heavy (non-hydrogen) atoms. The van der Waals surface area contributed by atoms with Crippen LogP contribution in [0.1, 0.15) is 36.0 Å². The van der Waals surface area contributed by atoms with Crippen molar-refractivity contribution < 1.29 is 13.9 Å². The molecule has 0 radical (unpaired) electrons. The first kappa shape index (κ1) is 24.8. The topological polar surface area (TPSA) is 79.6 Å². The molecular weight excluding hydrogens is 508 g/mol. The number of amides is 1. The molecule has 0 spiro atoms.